The Bertz CT molecular complexity index is 2990. The molecule has 0 aromatic heterocycles. The lowest BCUT2D eigenvalue weighted by Gasteiger charge is -2.26. The molecule has 11 rings (SSSR count). The molecule has 246 valence electrons. The van der Waals surface area contributed by atoms with Gasteiger partial charge in [0.05, 0.1) is 0 Å². The summed E-state index contributed by atoms with van der Waals surface area (Å²) in [6.45, 7) is 6.89. The summed E-state index contributed by atoms with van der Waals surface area (Å²) in [5, 5.41) is 9.64. The van der Waals surface area contributed by atoms with Crippen LogP contribution in [0.3, 0.4) is 0 Å². The third kappa shape index (κ3) is 4.12. The second-order valence-corrected chi connectivity index (χ2v) is 15.2. The number of benzene rings is 9. The summed E-state index contributed by atoms with van der Waals surface area (Å²) in [6, 6.07) is 55.1. The molecule has 0 saturated heterocycles. The third-order valence-electron chi connectivity index (χ3n) is 11.2. The molecule has 9 aromatic carbocycles. The van der Waals surface area contributed by atoms with Crippen molar-refractivity contribution in [1.29, 1.82) is 0 Å². The molecule has 0 atom stereocenters. The summed E-state index contributed by atoms with van der Waals surface area (Å²) in [5.41, 5.74) is 10.8. The highest BCUT2D eigenvalue weighted by Crippen LogP contribution is 2.53. The fourth-order valence-corrected chi connectivity index (χ4v) is 8.76. The summed E-state index contributed by atoms with van der Waals surface area (Å²) in [5.74, 6) is 3.60. The molecule has 52 heavy (non-hydrogen) atoms. The van der Waals surface area contributed by atoms with Crippen molar-refractivity contribution in [3.63, 3.8) is 0 Å². The van der Waals surface area contributed by atoms with Crippen LogP contribution in [0.5, 0.6) is 23.0 Å². The van der Waals surface area contributed by atoms with E-state index >= 15 is 0 Å². The standard InChI is InChI=1S/C50H34O2/c1-50(2,3)31-22-24-40-41(28-31)48(39-25-26-44-49-35(17-10-18-38(39)49)32-13-6-7-19-42(32)51-44)37-15-5-4-14-36(37)46(40)30-21-23-33-34-16-8-11-29-12-9-20-43(47(29)34)52-45(33)27-30/h4-28H,1-3H3. The van der Waals surface area contributed by atoms with E-state index in [9.17, 15) is 0 Å². The molecular weight excluding hydrogens is 633 g/mol. The summed E-state index contributed by atoms with van der Waals surface area (Å²) in [4.78, 5) is 0. The Morgan fingerprint density at radius 2 is 0.962 bits per heavy atom. The zero-order chi connectivity index (χ0) is 34.7. The monoisotopic (exact) mass is 666 g/mol. The Hall–Kier alpha value is -6.38. The Balaban J connectivity index is 1.22. The van der Waals surface area contributed by atoms with Crippen molar-refractivity contribution in [2.24, 2.45) is 0 Å². The molecule has 0 aliphatic carbocycles. The molecule has 2 aliphatic heterocycles. The number of para-hydroxylation sites is 1. The lowest BCUT2D eigenvalue weighted by molar-refractivity contribution is 0.487. The molecule has 2 heteroatoms. The second kappa shape index (κ2) is 10.6. The zero-order valence-electron chi connectivity index (χ0n) is 29.3. The van der Waals surface area contributed by atoms with E-state index in [1.807, 2.05) is 6.07 Å². The van der Waals surface area contributed by atoms with Gasteiger partial charge in [-0.05, 0) is 119 Å². The molecule has 2 heterocycles. The van der Waals surface area contributed by atoms with Crippen LogP contribution in [0.25, 0.3) is 87.6 Å². The first kappa shape index (κ1) is 29.4. The Morgan fingerprint density at radius 1 is 0.365 bits per heavy atom. The van der Waals surface area contributed by atoms with Crippen LogP contribution >= 0.6 is 0 Å². The first-order chi connectivity index (χ1) is 25.4. The van der Waals surface area contributed by atoms with Crippen LogP contribution in [0, 0.1) is 0 Å². The molecule has 0 unspecified atom stereocenters. The molecular formula is C50H34O2. The van der Waals surface area contributed by atoms with Gasteiger partial charge in [0.1, 0.15) is 23.0 Å². The average molecular weight is 667 g/mol. The molecule has 0 fully saturated rings. The van der Waals surface area contributed by atoms with Crippen LogP contribution in [0.4, 0.5) is 0 Å². The van der Waals surface area contributed by atoms with Gasteiger partial charge in [-0.15, -0.1) is 0 Å². The number of hydrogen-bond acceptors (Lipinski definition) is 2. The van der Waals surface area contributed by atoms with Crippen molar-refractivity contribution < 1.29 is 9.47 Å². The smallest absolute Gasteiger partial charge is 0.135 e. The van der Waals surface area contributed by atoms with Crippen LogP contribution in [-0.2, 0) is 5.41 Å². The van der Waals surface area contributed by atoms with Crippen LogP contribution in [-0.4, -0.2) is 0 Å². The first-order valence-corrected chi connectivity index (χ1v) is 18.1. The minimum Gasteiger partial charge on any atom is -0.456 e. The minimum absolute atomic E-state index is 0.0250. The van der Waals surface area contributed by atoms with Gasteiger partial charge >= 0.3 is 0 Å². The highest BCUT2D eigenvalue weighted by atomic mass is 16.5. The van der Waals surface area contributed by atoms with Crippen LogP contribution < -0.4 is 9.47 Å². The van der Waals surface area contributed by atoms with E-state index in [1.54, 1.807) is 0 Å². The van der Waals surface area contributed by atoms with Gasteiger partial charge in [0.15, 0.2) is 0 Å². The largest absolute Gasteiger partial charge is 0.456 e. The van der Waals surface area contributed by atoms with Crippen molar-refractivity contribution in [3.05, 3.63) is 157 Å². The maximum atomic E-state index is 6.69. The van der Waals surface area contributed by atoms with Gasteiger partial charge in [-0.25, -0.2) is 0 Å². The van der Waals surface area contributed by atoms with Gasteiger partial charge in [0.25, 0.3) is 0 Å². The molecule has 2 nitrogen and oxygen atoms in total. The minimum atomic E-state index is -0.0250. The molecule has 0 saturated carbocycles. The van der Waals surface area contributed by atoms with E-state index < -0.39 is 0 Å². The maximum Gasteiger partial charge on any atom is 0.135 e. The topological polar surface area (TPSA) is 18.5 Å². The Labute approximate surface area is 302 Å². The SMILES string of the molecule is CC(C)(C)c1ccc2c(-c3ccc4c(c3)Oc3cccc5cccc-4c35)c3ccccc3c(-c3ccc4c5c(cccc35)-c3ccccc3O4)c2c1. The molecule has 0 bridgehead atoms. The summed E-state index contributed by atoms with van der Waals surface area (Å²) in [7, 11) is 0. The van der Waals surface area contributed by atoms with Gasteiger partial charge in [-0.1, -0.05) is 130 Å². The van der Waals surface area contributed by atoms with E-state index in [4.69, 9.17) is 9.47 Å². The molecule has 9 aromatic rings. The fourth-order valence-electron chi connectivity index (χ4n) is 8.76. The molecule has 2 aliphatic rings. The van der Waals surface area contributed by atoms with Crippen molar-refractivity contribution in [3.8, 4) is 67.5 Å². The van der Waals surface area contributed by atoms with E-state index in [1.165, 1.54) is 71.1 Å². The lowest BCUT2D eigenvalue weighted by atomic mass is 9.80. The summed E-state index contributed by atoms with van der Waals surface area (Å²) >= 11 is 0. The van der Waals surface area contributed by atoms with Crippen LogP contribution in [0.15, 0.2) is 152 Å². The lowest BCUT2D eigenvalue weighted by Crippen LogP contribution is -2.10. The highest BCUT2D eigenvalue weighted by Gasteiger charge is 2.26. The van der Waals surface area contributed by atoms with Gasteiger partial charge in [-0.3, -0.25) is 0 Å². The molecule has 0 spiro atoms. The van der Waals surface area contributed by atoms with Crippen molar-refractivity contribution in [2.75, 3.05) is 0 Å². The summed E-state index contributed by atoms with van der Waals surface area (Å²) in [6.07, 6.45) is 0. The van der Waals surface area contributed by atoms with Gasteiger partial charge < -0.3 is 9.47 Å². The summed E-state index contributed by atoms with van der Waals surface area (Å²) < 4.78 is 13.2. The Kier molecular flexibility index (Phi) is 5.97. The third-order valence-corrected chi connectivity index (χ3v) is 11.2. The quantitative estimate of drug-likeness (QED) is 0.171. The van der Waals surface area contributed by atoms with Gasteiger partial charge in [0, 0.05) is 21.9 Å². The molecule has 0 radical (unpaired) electrons. The number of ether oxygens (including phenoxy) is 2. The highest BCUT2D eigenvalue weighted by molar-refractivity contribution is 6.25. The van der Waals surface area contributed by atoms with Gasteiger partial charge in [-0.2, -0.15) is 0 Å². The van der Waals surface area contributed by atoms with Gasteiger partial charge in [0.2, 0.25) is 0 Å². The predicted octanol–water partition coefficient (Wildman–Crippen LogP) is 14.5. The molecule has 0 amide bonds. The van der Waals surface area contributed by atoms with Crippen molar-refractivity contribution >= 4 is 43.1 Å². The first-order valence-electron chi connectivity index (χ1n) is 18.1. The van der Waals surface area contributed by atoms with E-state index in [0.717, 1.165) is 45.1 Å². The number of fused-ring (bicyclic) bond motifs is 6. The second-order valence-electron chi connectivity index (χ2n) is 15.2. The Morgan fingerprint density at radius 3 is 1.81 bits per heavy atom. The van der Waals surface area contributed by atoms with E-state index in [0.29, 0.717) is 0 Å². The normalized spacial score (nSPS) is 12.8. The molecule has 0 N–H and O–H groups in total. The maximum absolute atomic E-state index is 6.69. The number of hydrogen-bond donors (Lipinski definition) is 0. The van der Waals surface area contributed by atoms with E-state index in [-0.39, 0.29) is 5.41 Å². The number of rotatable bonds is 2. The predicted molar refractivity (Wildman–Crippen MR) is 217 cm³/mol. The fraction of sp³-hybridized carbons (Fsp3) is 0.0800. The average Bonchev–Trinajstić information content (AvgIpc) is 3.17. The van der Waals surface area contributed by atoms with Crippen LogP contribution in [0.2, 0.25) is 0 Å². The van der Waals surface area contributed by atoms with Crippen molar-refractivity contribution in [2.45, 2.75) is 26.2 Å². The zero-order valence-corrected chi connectivity index (χ0v) is 29.3. The van der Waals surface area contributed by atoms with E-state index in [2.05, 4.69) is 166 Å². The van der Waals surface area contributed by atoms with Crippen molar-refractivity contribution in [1.82, 2.24) is 0 Å². The van der Waals surface area contributed by atoms with Crippen LogP contribution in [0.1, 0.15) is 26.3 Å².